The van der Waals surface area contributed by atoms with Gasteiger partial charge in [-0.25, -0.2) is 0 Å². The van der Waals surface area contributed by atoms with Gasteiger partial charge in [0.25, 0.3) is 0 Å². The topological polar surface area (TPSA) is 40.6 Å². The summed E-state index contributed by atoms with van der Waals surface area (Å²) < 4.78 is 0. The first-order chi connectivity index (χ1) is 7.58. The van der Waals surface area contributed by atoms with Gasteiger partial charge in [0.05, 0.1) is 0 Å². The van der Waals surface area contributed by atoms with E-state index in [-0.39, 0.29) is 11.8 Å². The van der Waals surface area contributed by atoms with E-state index in [1.165, 1.54) is 0 Å². The van der Waals surface area contributed by atoms with Gasteiger partial charge in [0.1, 0.15) is 0 Å². The lowest BCUT2D eigenvalue weighted by Gasteiger charge is -2.20. The second-order valence-corrected chi connectivity index (χ2v) is 4.39. The standard InChI is InChI=1S/C12H22N2O2/c1-4-13(5-2)12(16)8-11-6-7-14(9-11)10(3)15/h11H,4-9H2,1-3H3. The van der Waals surface area contributed by atoms with Crippen molar-refractivity contribution in [1.82, 2.24) is 9.80 Å². The Kier molecular flexibility index (Phi) is 4.77. The van der Waals surface area contributed by atoms with Crippen molar-refractivity contribution in [1.29, 1.82) is 0 Å². The first-order valence-electron chi connectivity index (χ1n) is 6.11. The number of carbonyl (C=O) groups excluding carboxylic acids is 2. The number of hydrogen-bond donors (Lipinski definition) is 0. The van der Waals surface area contributed by atoms with Gasteiger partial charge in [0.15, 0.2) is 0 Å². The minimum Gasteiger partial charge on any atom is -0.343 e. The van der Waals surface area contributed by atoms with Crippen LogP contribution in [0.25, 0.3) is 0 Å². The smallest absolute Gasteiger partial charge is 0.222 e. The number of hydrogen-bond acceptors (Lipinski definition) is 2. The zero-order chi connectivity index (χ0) is 12.1. The predicted octanol–water partition coefficient (Wildman–Crippen LogP) is 1.11. The summed E-state index contributed by atoms with van der Waals surface area (Å²) in [5.74, 6) is 0.704. The molecule has 0 saturated carbocycles. The van der Waals surface area contributed by atoms with Crippen LogP contribution < -0.4 is 0 Å². The SMILES string of the molecule is CCN(CC)C(=O)CC1CCN(C(C)=O)C1. The van der Waals surface area contributed by atoms with Crippen LogP contribution in [0.3, 0.4) is 0 Å². The van der Waals surface area contributed by atoms with Crippen LogP contribution in [-0.2, 0) is 9.59 Å². The lowest BCUT2D eigenvalue weighted by Crippen LogP contribution is -2.32. The Morgan fingerprint density at radius 2 is 1.94 bits per heavy atom. The van der Waals surface area contributed by atoms with Crippen molar-refractivity contribution < 1.29 is 9.59 Å². The fourth-order valence-electron chi connectivity index (χ4n) is 2.24. The van der Waals surface area contributed by atoms with E-state index in [9.17, 15) is 9.59 Å². The van der Waals surface area contributed by atoms with E-state index in [4.69, 9.17) is 0 Å². The third-order valence-corrected chi connectivity index (χ3v) is 3.31. The van der Waals surface area contributed by atoms with Gasteiger partial charge in [-0.15, -0.1) is 0 Å². The molecule has 16 heavy (non-hydrogen) atoms. The van der Waals surface area contributed by atoms with Crippen molar-refractivity contribution >= 4 is 11.8 Å². The Morgan fingerprint density at radius 1 is 1.31 bits per heavy atom. The molecule has 92 valence electrons. The van der Waals surface area contributed by atoms with Crippen molar-refractivity contribution in [3.8, 4) is 0 Å². The highest BCUT2D eigenvalue weighted by atomic mass is 16.2. The van der Waals surface area contributed by atoms with Crippen molar-refractivity contribution in [3.05, 3.63) is 0 Å². The highest BCUT2D eigenvalue weighted by Crippen LogP contribution is 2.20. The third kappa shape index (κ3) is 3.22. The number of carbonyl (C=O) groups is 2. The van der Waals surface area contributed by atoms with Gasteiger partial charge >= 0.3 is 0 Å². The molecule has 0 aromatic carbocycles. The molecular formula is C12H22N2O2. The fourth-order valence-corrected chi connectivity index (χ4v) is 2.24. The van der Waals surface area contributed by atoms with E-state index in [0.29, 0.717) is 12.3 Å². The van der Waals surface area contributed by atoms with Gasteiger partial charge in [0, 0.05) is 39.5 Å². The summed E-state index contributed by atoms with van der Waals surface area (Å²) in [4.78, 5) is 26.7. The summed E-state index contributed by atoms with van der Waals surface area (Å²) >= 11 is 0. The van der Waals surface area contributed by atoms with Gasteiger partial charge in [-0.05, 0) is 26.2 Å². The molecule has 1 saturated heterocycles. The van der Waals surface area contributed by atoms with Crippen molar-refractivity contribution in [2.75, 3.05) is 26.2 Å². The van der Waals surface area contributed by atoms with Crippen LogP contribution in [0.15, 0.2) is 0 Å². The molecule has 4 heteroatoms. The van der Waals surface area contributed by atoms with Crippen molar-refractivity contribution in [2.45, 2.75) is 33.6 Å². The number of amides is 2. The van der Waals surface area contributed by atoms with Gasteiger partial charge in [-0.2, -0.15) is 0 Å². The average Bonchev–Trinajstić information content (AvgIpc) is 2.68. The fraction of sp³-hybridized carbons (Fsp3) is 0.833. The molecule has 1 aliphatic rings. The maximum atomic E-state index is 11.9. The molecule has 1 rings (SSSR count). The van der Waals surface area contributed by atoms with Gasteiger partial charge in [-0.3, -0.25) is 9.59 Å². The van der Waals surface area contributed by atoms with E-state index >= 15 is 0 Å². The second kappa shape index (κ2) is 5.87. The Morgan fingerprint density at radius 3 is 2.38 bits per heavy atom. The van der Waals surface area contributed by atoms with Gasteiger partial charge in [-0.1, -0.05) is 0 Å². The summed E-state index contributed by atoms with van der Waals surface area (Å²) in [5, 5.41) is 0. The van der Waals surface area contributed by atoms with Crippen molar-refractivity contribution in [2.24, 2.45) is 5.92 Å². The summed E-state index contributed by atoms with van der Waals surface area (Å²) in [6.45, 7) is 8.70. The number of rotatable bonds is 4. The Hall–Kier alpha value is -1.06. The molecule has 1 heterocycles. The van der Waals surface area contributed by atoms with E-state index in [2.05, 4.69) is 0 Å². The van der Waals surface area contributed by atoms with Gasteiger partial charge in [0.2, 0.25) is 11.8 Å². The Balaban J connectivity index is 2.39. The summed E-state index contributed by atoms with van der Waals surface area (Å²) in [6.07, 6.45) is 1.55. The minimum absolute atomic E-state index is 0.123. The second-order valence-electron chi connectivity index (χ2n) is 4.39. The first kappa shape index (κ1) is 13.0. The van der Waals surface area contributed by atoms with E-state index in [1.807, 2.05) is 23.6 Å². The molecule has 1 fully saturated rings. The maximum absolute atomic E-state index is 11.9. The molecule has 0 aromatic rings. The molecule has 0 aromatic heterocycles. The summed E-state index contributed by atoms with van der Waals surface area (Å²) in [6, 6.07) is 0. The maximum Gasteiger partial charge on any atom is 0.222 e. The van der Waals surface area contributed by atoms with Gasteiger partial charge < -0.3 is 9.80 Å². The first-order valence-corrected chi connectivity index (χ1v) is 6.11. The van der Waals surface area contributed by atoms with Crippen LogP contribution in [0.2, 0.25) is 0 Å². The minimum atomic E-state index is 0.123. The summed E-state index contributed by atoms with van der Waals surface area (Å²) in [7, 11) is 0. The molecule has 1 atom stereocenters. The molecule has 1 aliphatic heterocycles. The van der Waals surface area contributed by atoms with Crippen LogP contribution in [0.5, 0.6) is 0 Å². The lowest BCUT2D eigenvalue weighted by atomic mass is 10.0. The highest BCUT2D eigenvalue weighted by Gasteiger charge is 2.26. The van der Waals surface area contributed by atoms with Crippen molar-refractivity contribution in [3.63, 3.8) is 0 Å². The monoisotopic (exact) mass is 226 g/mol. The Labute approximate surface area is 97.6 Å². The normalized spacial score (nSPS) is 19.9. The molecule has 4 nitrogen and oxygen atoms in total. The van der Waals surface area contributed by atoms with Crippen LogP contribution in [0.4, 0.5) is 0 Å². The third-order valence-electron chi connectivity index (χ3n) is 3.31. The van der Waals surface area contributed by atoms with Crippen LogP contribution in [0.1, 0.15) is 33.6 Å². The van der Waals surface area contributed by atoms with Crippen LogP contribution in [0, 0.1) is 5.92 Å². The zero-order valence-corrected chi connectivity index (χ0v) is 10.5. The highest BCUT2D eigenvalue weighted by molar-refractivity contribution is 5.77. The van der Waals surface area contributed by atoms with E-state index in [1.54, 1.807) is 6.92 Å². The van der Waals surface area contributed by atoms with E-state index < -0.39 is 0 Å². The van der Waals surface area contributed by atoms with E-state index in [0.717, 1.165) is 32.6 Å². The molecule has 0 bridgehead atoms. The molecule has 1 unspecified atom stereocenters. The quantitative estimate of drug-likeness (QED) is 0.720. The zero-order valence-electron chi connectivity index (χ0n) is 10.5. The molecule has 0 radical (unpaired) electrons. The number of nitrogens with zero attached hydrogens (tertiary/aromatic N) is 2. The number of likely N-dealkylation sites (tertiary alicyclic amines) is 1. The molecule has 0 N–H and O–H groups in total. The lowest BCUT2D eigenvalue weighted by molar-refractivity contribution is -0.132. The summed E-state index contributed by atoms with van der Waals surface area (Å²) in [5.41, 5.74) is 0. The largest absolute Gasteiger partial charge is 0.343 e. The predicted molar refractivity (Wildman–Crippen MR) is 62.9 cm³/mol. The van der Waals surface area contributed by atoms with Crippen LogP contribution in [-0.4, -0.2) is 47.8 Å². The molecule has 2 amide bonds. The molecule has 0 spiro atoms. The molecule has 0 aliphatic carbocycles. The average molecular weight is 226 g/mol. The molecular weight excluding hydrogens is 204 g/mol. The van der Waals surface area contributed by atoms with Crippen LogP contribution >= 0.6 is 0 Å². The Bertz CT molecular complexity index is 262.